The number of piperidine rings is 1. The maximum Gasteiger partial charge on any atom is 0.152 e. The molecular weight excluding hydrogens is 354 g/mol. The van der Waals surface area contributed by atoms with Gasteiger partial charge in [-0.1, -0.05) is 0 Å². The van der Waals surface area contributed by atoms with Crippen LogP contribution in [0.1, 0.15) is 17.5 Å². The fourth-order valence-corrected chi connectivity index (χ4v) is 3.86. The van der Waals surface area contributed by atoms with Crippen molar-refractivity contribution in [2.24, 2.45) is 0 Å². The van der Waals surface area contributed by atoms with Crippen LogP contribution in [0.25, 0.3) is 11.3 Å². The predicted octanol–water partition coefficient (Wildman–Crippen LogP) is 2.52. The van der Waals surface area contributed by atoms with Crippen molar-refractivity contribution in [1.82, 2.24) is 15.1 Å². The maximum atomic E-state index is 13.9. The van der Waals surface area contributed by atoms with E-state index >= 15 is 0 Å². The van der Waals surface area contributed by atoms with E-state index in [9.17, 15) is 13.9 Å². The van der Waals surface area contributed by atoms with E-state index < -0.39 is 12.0 Å². The Balaban J connectivity index is 1.69. The molecule has 2 aliphatic heterocycles. The molecule has 2 aromatic rings. The molecule has 0 aliphatic carbocycles. The van der Waals surface area contributed by atoms with Crippen LogP contribution in [0.2, 0.25) is 0 Å². The number of aromatic nitrogens is 2. The molecule has 2 aliphatic rings. The first kappa shape index (κ1) is 18.1. The molecule has 6 nitrogen and oxygen atoms in total. The first-order valence-corrected chi connectivity index (χ1v) is 9.05. The summed E-state index contributed by atoms with van der Waals surface area (Å²) in [5.74, 6) is -0.0760. The Morgan fingerprint density at radius 1 is 1.26 bits per heavy atom. The summed E-state index contributed by atoms with van der Waals surface area (Å²) in [6.07, 6.45) is 0.200. The van der Waals surface area contributed by atoms with Gasteiger partial charge in [0.15, 0.2) is 5.82 Å². The monoisotopic (exact) mass is 376 g/mol. The number of nitrogens with zero attached hydrogens (tertiary/aromatic N) is 3. The highest BCUT2D eigenvalue weighted by Gasteiger charge is 2.28. The number of likely N-dealkylation sites (tertiary alicyclic amines) is 1. The summed E-state index contributed by atoms with van der Waals surface area (Å²) in [5, 5.41) is 22.1. The fourth-order valence-electron chi connectivity index (χ4n) is 3.86. The van der Waals surface area contributed by atoms with Crippen molar-refractivity contribution in [2.45, 2.75) is 31.7 Å². The molecule has 27 heavy (non-hydrogen) atoms. The highest BCUT2D eigenvalue weighted by molar-refractivity contribution is 5.72. The van der Waals surface area contributed by atoms with Gasteiger partial charge in [0.05, 0.1) is 13.2 Å². The lowest BCUT2D eigenvalue weighted by Crippen LogP contribution is -2.45. The molecule has 0 unspecified atom stereocenters. The number of hydrogen-bond donors (Lipinski definition) is 2. The lowest BCUT2D eigenvalue weighted by Gasteiger charge is -2.33. The quantitative estimate of drug-likeness (QED) is 0.858. The van der Waals surface area contributed by atoms with E-state index in [1.165, 1.54) is 12.1 Å². The molecule has 1 aromatic heterocycles. The van der Waals surface area contributed by atoms with E-state index in [1.54, 1.807) is 0 Å². The van der Waals surface area contributed by atoms with E-state index in [0.717, 1.165) is 23.7 Å². The van der Waals surface area contributed by atoms with Crippen molar-refractivity contribution in [3.8, 4) is 17.0 Å². The summed E-state index contributed by atoms with van der Waals surface area (Å²) >= 11 is 0. The number of likely N-dealkylation sites (N-methyl/N-ethyl adjacent to an activating group) is 1. The Morgan fingerprint density at radius 3 is 2.89 bits per heavy atom. The maximum absolute atomic E-state index is 13.9. The van der Waals surface area contributed by atoms with Crippen LogP contribution in [-0.2, 0) is 17.8 Å². The van der Waals surface area contributed by atoms with Crippen LogP contribution in [-0.4, -0.2) is 59.2 Å². The minimum absolute atomic E-state index is 0.0509. The summed E-state index contributed by atoms with van der Waals surface area (Å²) in [7, 11) is 1.90. The number of halogens is 2. The van der Waals surface area contributed by atoms with Crippen LogP contribution >= 0.6 is 0 Å². The van der Waals surface area contributed by atoms with Crippen molar-refractivity contribution in [1.29, 1.82) is 0 Å². The molecule has 0 spiro atoms. The lowest BCUT2D eigenvalue weighted by atomic mass is 9.97. The van der Waals surface area contributed by atoms with Crippen LogP contribution in [0, 0.1) is 5.82 Å². The Kier molecular flexibility index (Phi) is 4.92. The topological polar surface area (TPSA) is 70.5 Å². The average Bonchev–Trinajstić information content (AvgIpc) is 2.62. The summed E-state index contributed by atoms with van der Waals surface area (Å²) in [6.45, 7) is 2.06. The number of anilines is 1. The van der Waals surface area contributed by atoms with Crippen LogP contribution in [0.5, 0.6) is 5.75 Å². The third-order valence-electron chi connectivity index (χ3n) is 5.07. The molecular formula is C19H22F2N4O2. The van der Waals surface area contributed by atoms with Crippen molar-refractivity contribution in [2.75, 3.05) is 32.1 Å². The highest BCUT2D eigenvalue weighted by Crippen LogP contribution is 2.35. The molecule has 8 heteroatoms. The number of alkyl halides is 1. The molecule has 1 saturated heterocycles. The zero-order valence-corrected chi connectivity index (χ0v) is 15.1. The molecule has 1 aromatic carbocycles. The Bertz CT molecular complexity index is 839. The van der Waals surface area contributed by atoms with Crippen molar-refractivity contribution >= 4 is 5.82 Å². The van der Waals surface area contributed by atoms with E-state index in [2.05, 4.69) is 15.5 Å². The zero-order valence-electron chi connectivity index (χ0n) is 15.1. The smallest absolute Gasteiger partial charge is 0.152 e. The van der Waals surface area contributed by atoms with Gasteiger partial charge >= 0.3 is 0 Å². The van der Waals surface area contributed by atoms with Gasteiger partial charge in [0, 0.05) is 48.3 Å². The van der Waals surface area contributed by atoms with Gasteiger partial charge in [-0.15, -0.1) is 10.2 Å². The molecule has 4 rings (SSSR count). The number of phenols is 1. The van der Waals surface area contributed by atoms with Gasteiger partial charge < -0.3 is 20.1 Å². The van der Waals surface area contributed by atoms with Gasteiger partial charge in [0.25, 0.3) is 0 Å². The number of ether oxygens (including phenoxy) is 1. The van der Waals surface area contributed by atoms with E-state index in [-0.39, 0.29) is 11.8 Å². The number of fused-ring (bicyclic) bond motifs is 1. The lowest BCUT2D eigenvalue weighted by molar-refractivity contribution is 0.110. The van der Waals surface area contributed by atoms with Crippen LogP contribution < -0.4 is 5.32 Å². The van der Waals surface area contributed by atoms with E-state index in [4.69, 9.17) is 4.74 Å². The van der Waals surface area contributed by atoms with Gasteiger partial charge in [-0.05, 0) is 25.6 Å². The summed E-state index contributed by atoms with van der Waals surface area (Å²) in [6, 6.07) is 3.77. The third-order valence-corrected chi connectivity index (χ3v) is 5.07. The van der Waals surface area contributed by atoms with Crippen LogP contribution in [0.15, 0.2) is 18.2 Å². The highest BCUT2D eigenvalue weighted by atomic mass is 19.1. The van der Waals surface area contributed by atoms with Crippen LogP contribution in [0.3, 0.4) is 0 Å². The summed E-state index contributed by atoms with van der Waals surface area (Å²) < 4.78 is 32.8. The predicted molar refractivity (Wildman–Crippen MR) is 96.9 cm³/mol. The molecule has 1 fully saturated rings. The van der Waals surface area contributed by atoms with Crippen molar-refractivity contribution in [3.63, 3.8) is 0 Å². The average molecular weight is 376 g/mol. The molecule has 144 valence electrons. The zero-order chi connectivity index (χ0) is 19.0. The van der Waals surface area contributed by atoms with E-state index in [1.807, 2.05) is 11.9 Å². The standard InChI is InChI=1S/C19H22F2N4O2/c1-25-8-12(21)6-13(9-25)22-19-14-4-5-27-10-16(14)18(23-24-19)15-3-2-11(20)7-17(15)26/h2-3,7,12-13,26H,4-6,8-10H2,1H3,(H,22,24)/t12-,13-/m1/s1. The minimum atomic E-state index is -0.871. The van der Waals surface area contributed by atoms with Crippen molar-refractivity contribution < 1.29 is 18.6 Å². The SMILES string of the molecule is CN1C[C@H](F)C[C@@H](Nc2nnc(-c3ccc(F)cc3O)c3c2CCOC3)C1. The molecule has 2 atom stereocenters. The van der Waals surface area contributed by atoms with E-state index in [0.29, 0.717) is 49.7 Å². The Hall–Kier alpha value is -2.32. The third kappa shape index (κ3) is 3.72. The first-order chi connectivity index (χ1) is 13.0. The number of phenolic OH excluding ortho intramolecular Hbond substituents is 1. The van der Waals surface area contributed by atoms with Gasteiger partial charge in [-0.3, -0.25) is 0 Å². The second-order valence-electron chi connectivity index (χ2n) is 7.21. The molecule has 0 saturated carbocycles. The van der Waals surface area contributed by atoms with Crippen LogP contribution in [0.4, 0.5) is 14.6 Å². The first-order valence-electron chi connectivity index (χ1n) is 9.05. The Morgan fingerprint density at radius 2 is 2.11 bits per heavy atom. The van der Waals surface area contributed by atoms with Gasteiger partial charge in [0.1, 0.15) is 23.4 Å². The second kappa shape index (κ2) is 7.36. The molecule has 2 N–H and O–H groups in total. The Labute approximate surface area is 156 Å². The number of aromatic hydroxyl groups is 1. The van der Waals surface area contributed by atoms with Crippen molar-refractivity contribution in [3.05, 3.63) is 35.1 Å². The number of hydrogen-bond acceptors (Lipinski definition) is 6. The number of rotatable bonds is 3. The number of benzene rings is 1. The van der Waals surface area contributed by atoms with Gasteiger partial charge in [0.2, 0.25) is 0 Å². The second-order valence-corrected chi connectivity index (χ2v) is 7.21. The summed E-state index contributed by atoms with van der Waals surface area (Å²) in [4.78, 5) is 1.96. The number of nitrogens with one attached hydrogen (secondary N) is 1. The van der Waals surface area contributed by atoms with Gasteiger partial charge in [-0.2, -0.15) is 0 Å². The fraction of sp³-hybridized carbons (Fsp3) is 0.474. The molecule has 0 radical (unpaired) electrons. The summed E-state index contributed by atoms with van der Waals surface area (Å²) in [5.41, 5.74) is 2.68. The minimum Gasteiger partial charge on any atom is -0.507 e. The molecule has 0 bridgehead atoms. The van der Waals surface area contributed by atoms with Gasteiger partial charge in [-0.25, -0.2) is 8.78 Å². The molecule has 3 heterocycles. The normalized spacial score (nSPS) is 23.1. The molecule has 0 amide bonds. The largest absolute Gasteiger partial charge is 0.507 e.